The Morgan fingerprint density at radius 2 is 2.29 bits per heavy atom. The van der Waals surface area contributed by atoms with Crippen LogP contribution in [-0.4, -0.2) is 42.4 Å². The van der Waals surface area contributed by atoms with Gasteiger partial charge in [-0.2, -0.15) is 0 Å². The number of thiophene rings is 1. The molecule has 0 bridgehead atoms. The fourth-order valence-corrected chi connectivity index (χ4v) is 3.16. The second-order valence-corrected chi connectivity index (χ2v) is 7.13. The minimum atomic E-state index is -0.112. The van der Waals surface area contributed by atoms with Gasteiger partial charge < -0.3 is 16.0 Å². The number of amides is 2. The Kier molecular flexibility index (Phi) is 5.00. The van der Waals surface area contributed by atoms with E-state index in [9.17, 15) is 9.59 Å². The molecule has 0 spiro atoms. The van der Waals surface area contributed by atoms with Crippen LogP contribution in [0.4, 0.5) is 0 Å². The molecule has 2 heterocycles. The first-order valence-corrected chi connectivity index (χ1v) is 8.13. The zero-order valence-electron chi connectivity index (χ0n) is 12.6. The molecule has 5 nitrogen and oxygen atoms in total. The third-order valence-corrected chi connectivity index (χ3v) is 4.90. The lowest BCUT2D eigenvalue weighted by molar-refractivity contribution is -0.134. The molecule has 6 heteroatoms. The van der Waals surface area contributed by atoms with Crippen molar-refractivity contribution < 1.29 is 9.59 Å². The van der Waals surface area contributed by atoms with Crippen molar-refractivity contribution >= 4 is 23.2 Å². The zero-order chi connectivity index (χ0) is 15.5. The Morgan fingerprint density at radius 1 is 1.52 bits per heavy atom. The molecule has 21 heavy (non-hydrogen) atoms. The van der Waals surface area contributed by atoms with Crippen LogP contribution in [0.1, 0.15) is 36.4 Å². The van der Waals surface area contributed by atoms with Crippen LogP contribution < -0.4 is 11.1 Å². The highest BCUT2D eigenvalue weighted by Gasteiger charge is 2.34. The SMILES string of the molecule is CC1(C)CN(C(=O)CCNC(=O)c2cccs2)CCC1N. The van der Waals surface area contributed by atoms with E-state index in [0.717, 1.165) is 6.42 Å². The smallest absolute Gasteiger partial charge is 0.261 e. The topological polar surface area (TPSA) is 75.4 Å². The van der Waals surface area contributed by atoms with Crippen molar-refractivity contribution in [3.63, 3.8) is 0 Å². The molecule has 3 N–H and O–H groups in total. The van der Waals surface area contributed by atoms with Crippen molar-refractivity contribution in [3.05, 3.63) is 22.4 Å². The molecule has 0 radical (unpaired) electrons. The molecule has 0 aromatic carbocycles. The molecule has 0 aliphatic carbocycles. The van der Waals surface area contributed by atoms with Crippen LogP contribution in [0.3, 0.4) is 0 Å². The van der Waals surface area contributed by atoms with E-state index in [1.165, 1.54) is 11.3 Å². The zero-order valence-corrected chi connectivity index (χ0v) is 13.4. The van der Waals surface area contributed by atoms with Crippen molar-refractivity contribution in [2.45, 2.75) is 32.7 Å². The van der Waals surface area contributed by atoms with E-state index in [0.29, 0.717) is 30.9 Å². The summed E-state index contributed by atoms with van der Waals surface area (Å²) in [5, 5.41) is 4.64. The molecule has 1 aromatic heterocycles. The van der Waals surface area contributed by atoms with Gasteiger partial charge in [0.1, 0.15) is 0 Å². The lowest BCUT2D eigenvalue weighted by Gasteiger charge is -2.42. The molecule has 1 aromatic rings. The Morgan fingerprint density at radius 3 is 2.90 bits per heavy atom. The summed E-state index contributed by atoms with van der Waals surface area (Å²) >= 11 is 1.40. The van der Waals surface area contributed by atoms with Crippen molar-refractivity contribution in [1.82, 2.24) is 10.2 Å². The summed E-state index contributed by atoms with van der Waals surface area (Å²) < 4.78 is 0. The lowest BCUT2D eigenvalue weighted by atomic mass is 9.79. The van der Waals surface area contributed by atoms with E-state index in [1.807, 2.05) is 16.3 Å². The third kappa shape index (κ3) is 4.04. The first-order chi connectivity index (χ1) is 9.90. The molecular formula is C15H23N3O2S. The van der Waals surface area contributed by atoms with Crippen molar-refractivity contribution in [2.24, 2.45) is 11.1 Å². The van der Waals surface area contributed by atoms with Crippen molar-refractivity contribution in [2.75, 3.05) is 19.6 Å². The average molecular weight is 309 g/mol. The number of rotatable bonds is 4. The number of nitrogens with two attached hydrogens (primary N) is 1. The van der Waals surface area contributed by atoms with Crippen molar-refractivity contribution in [1.29, 1.82) is 0 Å². The second-order valence-electron chi connectivity index (χ2n) is 6.18. The monoisotopic (exact) mass is 309 g/mol. The minimum absolute atomic E-state index is 0.0475. The van der Waals surface area contributed by atoms with E-state index in [4.69, 9.17) is 5.73 Å². The van der Waals surface area contributed by atoms with Crippen LogP contribution in [0, 0.1) is 5.41 Å². The number of nitrogens with one attached hydrogen (secondary N) is 1. The van der Waals surface area contributed by atoms with Crippen molar-refractivity contribution in [3.8, 4) is 0 Å². The lowest BCUT2D eigenvalue weighted by Crippen LogP contribution is -2.54. The fourth-order valence-electron chi connectivity index (χ4n) is 2.52. The van der Waals surface area contributed by atoms with Gasteiger partial charge in [0.05, 0.1) is 4.88 Å². The molecule has 1 unspecified atom stereocenters. The van der Waals surface area contributed by atoms with Gasteiger partial charge in [0, 0.05) is 32.1 Å². The van der Waals surface area contributed by atoms with Gasteiger partial charge in [0.25, 0.3) is 5.91 Å². The quantitative estimate of drug-likeness (QED) is 0.884. The summed E-state index contributed by atoms with van der Waals surface area (Å²) in [7, 11) is 0. The molecule has 2 amide bonds. The number of likely N-dealkylation sites (tertiary alicyclic amines) is 1. The Labute approximate surface area is 129 Å². The minimum Gasteiger partial charge on any atom is -0.351 e. The predicted octanol–water partition coefficient (Wildman–Crippen LogP) is 1.45. The van der Waals surface area contributed by atoms with E-state index in [2.05, 4.69) is 19.2 Å². The summed E-state index contributed by atoms with van der Waals surface area (Å²) in [6.07, 6.45) is 1.17. The molecule has 116 valence electrons. The Hall–Kier alpha value is -1.40. The number of carbonyl (C=O) groups excluding carboxylic acids is 2. The molecule has 1 aliphatic heterocycles. The number of hydrogen-bond acceptors (Lipinski definition) is 4. The third-order valence-electron chi connectivity index (χ3n) is 4.03. The number of carbonyl (C=O) groups is 2. The molecular weight excluding hydrogens is 286 g/mol. The molecule has 1 atom stereocenters. The maximum absolute atomic E-state index is 12.2. The maximum atomic E-state index is 12.2. The standard InChI is InChI=1S/C15H23N3O2S/c1-15(2)10-18(8-6-12(15)16)13(19)5-7-17-14(20)11-4-3-9-21-11/h3-4,9,12H,5-8,10,16H2,1-2H3,(H,17,20). The Bertz CT molecular complexity index is 499. The summed E-state index contributed by atoms with van der Waals surface area (Å²) in [5.41, 5.74) is 6.03. The predicted molar refractivity (Wildman–Crippen MR) is 84.2 cm³/mol. The van der Waals surface area contributed by atoms with E-state index in [-0.39, 0.29) is 23.3 Å². The van der Waals surface area contributed by atoms with E-state index in [1.54, 1.807) is 6.07 Å². The first-order valence-electron chi connectivity index (χ1n) is 7.25. The number of nitrogens with zero attached hydrogens (tertiary/aromatic N) is 1. The second kappa shape index (κ2) is 6.58. The van der Waals surface area contributed by atoms with Crippen LogP contribution in [0.5, 0.6) is 0 Å². The average Bonchev–Trinajstić information content (AvgIpc) is 2.95. The van der Waals surface area contributed by atoms with Gasteiger partial charge in [-0.05, 0) is 23.3 Å². The number of piperidine rings is 1. The number of hydrogen-bond donors (Lipinski definition) is 2. The highest BCUT2D eigenvalue weighted by atomic mass is 32.1. The summed E-state index contributed by atoms with van der Waals surface area (Å²) in [6, 6.07) is 3.75. The first kappa shape index (κ1) is 16.0. The van der Waals surface area contributed by atoms with Gasteiger partial charge in [-0.25, -0.2) is 0 Å². The molecule has 1 fully saturated rings. The summed E-state index contributed by atoms with van der Waals surface area (Å²) in [6.45, 7) is 5.96. The molecule has 1 saturated heterocycles. The van der Waals surface area contributed by atoms with Gasteiger partial charge in [-0.1, -0.05) is 19.9 Å². The summed E-state index contributed by atoms with van der Waals surface area (Å²) in [5.74, 6) is -0.0275. The highest BCUT2D eigenvalue weighted by Crippen LogP contribution is 2.27. The largest absolute Gasteiger partial charge is 0.351 e. The van der Waals surface area contributed by atoms with Gasteiger partial charge in [-0.3, -0.25) is 9.59 Å². The normalized spacial score (nSPS) is 21.1. The van der Waals surface area contributed by atoms with Crippen LogP contribution in [0.25, 0.3) is 0 Å². The fraction of sp³-hybridized carbons (Fsp3) is 0.600. The van der Waals surface area contributed by atoms with Crippen LogP contribution in [-0.2, 0) is 4.79 Å². The van der Waals surface area contributed by atoms with Gasteiger partial charge >= 0.3 is 0 Å². The van der Waals surface area contributed by atoms with Gasteiger partial charge in [0.15, 0.2) is 0 Å². The summed E-state index contributed by atoms with van der Waals surface area (Å²) in [4.78, 5) is 26.5. The van der Waals surface area contributed by atoms with Crippen LogP contribution in [0.15, 0.2) is 17.5 Å². The molecule has 1 aliphatic rings. The molecule has 2 rings (SSSR count). The van der Waals surface area contributed by atoms with Gasteiger partial charge in [-0.15, -0.1) is 11.3 Å². The Balaban J connectivity index is 1.76. The maximum Gasteiger partial charge on any atom is 0.261 e. The van der Waals surface area contributed by atoms with Crippen LogP contribution >= 0.6 is 11.3 Å². The van der Waals surface area contributed by atoms with E-state index < -0.39 is 0 Å². The highest BCUT2D eigenvalue weighted by molar-refractivity contribution is 7.12. The molecule has 0 saturated carbocycles. The van der Waals surface area contributed by atoms with Gasteiger partial charge in [0.2, 0.25) is 5.91 Å². The van der Waals surface area contributed by atoms with E-state index >= 15 is 0 Å². The van der Waals surface area contributed by atoms with Crippen LogP contribution in [0.2, 0.25) is 0 Å².